The van der Waals surface area contributed by atoms with E-state index in [1.165, 1.54) is 14.0 Å². The average molecular weight is 225 g/mol. The first-order valence-corrected chi connectivity index (χ1v) is 4.87. The fourth-order valence-corrected chi connectivity index (χ4v) is 1.32. The molecule has 0 aliphatic rings. The molecule has 0 saturated carbocycles. The zero-order chi connectivity index (χ0) is 12.1. The predicted molar refractivity (Wildman–Crippen MR) is 56.6 cm³/mol. The molecule has 1 unspecified atom stereocenters. The third kappa shape index (κ3) is 3.38. The van der Waals surface area contributed by atoms with Gasteiger partial charge in [-0.2, -0.15) is 5.10 Å². The van der Waals surface area contributed by atoms with Crippen LogP contribution >= 0.6 is 0 Å². The molecule has 1 rings (SSSR count). The zero-order valence-electron chi connectivity index (χ0n) is 9.56. The molecule has 6 nitrogen and oxygen atoms in total. The number of aromatic nitrogens is 2. The van der Waals surface area contributed by atoms with Gasteiger partial charge in [0.05, 0.1) is 19.9 Å². The Balaban J connectivity index is 2.70. The van der Waals surface area contributed by atoms with Gasteiger partial charge in [-0.1, -0.05) is 0 Å². The van der Waals surface area contributed by atoms with Crippen molar-refractivity contribution in [2.75, 3.05) is 7.11 Å². The molecule has 6 heteroatoms. The van der Waals surface area contributed by atoms with E-state index in [1.807, 2.05) is 6.92 Å². The van der Waals surface area contributed by atoms with Crippen molar-refractivity contribution in [3.05, 3.63) is 18.0 Å². The second-order valence-corrected chi connectivity index (χ2v) is 3.52. The molecule has 0 bridgehead atoms. The van der Waals surface area contributed by atoms with E-state index in [-0.39, 0.29) is 12.5 Å². The molecule has 1 aromatic heterocycles. The maximum Gasteiger partial charge on any atom is 0.330 e. The van der Waals surface area contributed by atoms with Gasteiger partial charge in [-0.25, -0.2) is 4.79 Å². The van der Waals surface area contributed by atoms with Crippen molar-refractivity contribution in [2.45, 2.75) is 26.4 Å². The highest BCUT2D eigenvalue weighted by Gasteiger charge is 2.20. The number of nitrogens with zero attached hydrogens (tertiary/aromatic N) is 2. The van der Waals surface area contributed by atoms with Crippen molar-refractivity contribution in [2.24, 2.45) is 0 Å². The highest BCUT2D eigenvalue weighted by molar-refractivity contribution is 5.83. The Morgan fingerprint density at radius 1 is 1.62 bits per heavy atom. The van der Waals surface area contributed by atoms with Gasteiger partial charge in [-0.05, 0) is 12.5 Å². The summed E-state index contributed by atoms with van der Waals surface area (Å²) in [6, 6.07) is -0.707. The third-order valence-electron chi connectivity index (χ3n) is 2.00. The standard InChI is InChI=1S/C10H15N3O3/c1-7-4-11-13(5-7)6-9(10(15)16-3)12-8(2)14/h4-5,9H,6H2,1-3H3,(H,12,14). The topological polar surface area (TPSA) is 73.2 Å². The quantitative estimate of drug-likeness (QED) is 0.724. The van der Waals surface area contributed by atoms with Crippen LogP contribution in [-0.2, 0) is 20.9 Å². The Hall–Kier alpha value is -1.85. The van der Waals surface area contributed by atoms with Crippen molar-refractivity contribution in [3.8, 4) is 0 Å². The van der Waals surface area contributed by atoms with E-state index >= 15 is 0 Å². The van der Waals surface area contributed by atoms with Crippen LogP contribution in [0.25, 0.3) is 0 Å². The van der Waals surface area contributed by atoms with Crippen molar-refractivity contribution < 1.29 is 14.3 Å². The molecule has 1 amide bonds. The summed E-state index contributed by atoms with van der Waals surface area (Å²) in [6.45, 7) is 3.51. The van der Waals surface area contributed by atoms with Crippen LogP contribution in [0.5, 0.6) is 0 Å². The number of aryl methyl sites for hydroxylation is 1. The van der Waals surface area contributed by atoms with E-state index in [1.54, 1.807) is 17.1 Å². The lowest BCUT2D eigenvalue weighted by molar-refractivity contribution is -0.145. The van der Waals surface area contributed by atoms with Crippen molar-refractivity contribution >= 4 is 11.9 Å². The van der Waals surface area contributed by atoms with Gasteiger partial charge in [0.2, 0.25) is 5.91 Å². The Morgan fingerprint density at radius 2 is 2.31 bits per heavy atom. The summed E-state index contributed by atoms with van der Waals surface area (Å²) in [5.41, 5.74) is 0.992. The van der Waals surface area contributed by atoms with Gasteiger partial charge < -0.3 is 10.1 Å². The maximum atomic E-state index is 11.4. The molecule has 0 aliphatic carbocycles. The van der Waals surface area contributed by atoms with Gasteiger partial charge in [0, 0.05) is 13.1 Å². The first-order valence-electron chi connectivity index (χ1n) is 4.87. The minimum atomic E-state index is -0.707. The van der Waals surface area contributed by atoms with E-state index in [2.05, 4.69) is 15.2 Å². The normalized spacial score (nSPS) is 11.9. The van der Waals surface area contributed by atoms with Crippen molar-refractivity contribution in [1.82, 2.24) is 15.1 Å². The van der Waals surface area contributed by atoms with Crippen LogP contribution in [0.15, 0.2) is 12.4 Å². The number of ether oxygens (including phenoxy) is 1. The van der Waals surface area contributed by atoms with Gasteiger partial charge in [0.15, 0.2) is 0 Å². The number of amides is 1. The Kier molecular flexibility index (Phi) is 4.04. The average Bonchev–Trinajstić information content (AvgIpc) is 2.61. The number of hydrogen-bond donors (Lipinski definition) is 1. The Labute approximate surface area is 93.6 Å². The second kappa shape index (κ2) is 5.29. The number of rotatable bonds is 4. The fourth-order valence-electron chi connectivity index (χ4n) is 1.32. The summed E-state index contributed by atoms with van der Waals surface area (Å²) in [5, 5.41) is 6.55. The number of hydrogen-bond acceptors (Lipinski definition) is 4. The number of methoxy groups -OCH3 is 1. The first kappa shape index (κ1) is 12.2. The van der Waals surface area contributed by atoms with Crippen LogP contribution in [0.2, 0.25) is 0 Å². The zero-order valence-corrected chi connectivity index (χ0v) is 9.56. The summed E-state index contributed by atoms with van der Waals surface area (Å²) in [6.07, 6.45) is 3.47. The molecule has 0 aliphatic heterocycles. The molecule has 1 aromatic rings. The van der Waals surface area contributed by atoms with Crippen molar-refractivity contribution in [1.29, 1.82) is 0 Å². The van der Waals surface area contributed by atoms with Gasteiger partial charge in [0.25, 0.3) is 0 Å². The van der Waals surface area contributed by atoms with Crippen molar-refractivity contribution in [3.63, 3.8) is 0 Å². The largest absolute Gasteiger partial charge is 0.467 e. The molecule has 1 heterocycles. The molecule has 0 radical (unpaired) electrons. The van der Waals surface area contributed by atoms with Crippen LogP contribution in [0.3, 0.4) is 0 Å². The lowest BCUT2D eigenvalue weighted by Gasteiger charge is -2.15. The minimum Gasteiger partial charge on any atom is -0.467 e. The van der Waals surface area contributed by atoms with E-state index in [0.29, 0.717) is 0 Å². The molecular formula is C10H15N3O3. The molecule has 1 N–H and O–H groups in total. The van der Waals surface area contributed by atoms with Gasteiger partial charge in [0.1, 0.15) is 6.04 Å². The number of carbonyl (C=O) groups excluding carboxylic acids is 2. The Bertz CT molecular complexity index is 386. The molecule has 0 spiro atoms. The molecule has 1 atom stereocenters. The predicted octanol–water partition coefficient (Wildman–Crippen LogP) is -0.131. The highest BCUT2D eigenvalue weighted by Crippen LogP contribution is 1.98. The van der Waals surface area contributed by atoms with E-state index in [0.717, 1.165) is 5.56 Å². The van der Waals surface area contributed by atoms with Crippen LogP contribution in [0.1, 0.15) is 12.5 Å². The lowest BCUT2D eigenvalue weighted by Crippen LogP contribution is -2.43. The molecule has 88 valence electrons. The van der Waals surface area contributed by atoms with Crippen LogP contribution < -0.4 is 5.32 Å². The van der Waals surface area contributed by atoms with Crippen LogP contribution in [-0.4, -0.2) is 34.8 Å². The summed E-state index contributed by atoms with van der Waals surface area (Å²) in [7, 11) is 1.28. The second-order valence-electron chi connectivity index (χ2n) is 3.52. The Morgan fingerprint density at radius 3 is 2.75 bits per heavy atom. The molecule has 16 heavy (non-hydrogen) atoms. The maximum absolute atomic E-state index is 11.4. The highest BCUT2D eigenvalue weighted by atomic mass is 16.5. The van der Waals surface area contributed by atoms with Gasteiger partial charge in [-0.15, -0.1) is 0 Å². The van der Waals surface area contributed by atoms with Crippen LogP contribution in [0, 0.1) is 6.92 Å². The smallest absolute Gasteiger partial charge is 0.330 e. The van der Waals surface area contributed by atoms with E-state index < -0.39 is 12.0 Å². The number of nitrogens with one attached hydrogen (secondary N) is 1. The van der Waals surface area contributed by atoms with Gasteiger partial charge >= 0.3 is 5.97 Å². The number of carbonyl (C=O) groups is 2. The summed E-state index contributed by atoms with van der Waals surface area (Å²) >= 11 is 0. The molecule has 0 fully saturated rings. The first-order chi connectivity index (χ1) is 7.52. The van der Waals surface area contributed by atoms with E-state index in [4.69, 9.17) is 0 Å². The minimum absolute atomic E-state index is 0.264. The SMILES string of the molecule is COC(=O)C(Cn1cc(C)cn1)NC(C)=O. The monoisotopic (exact) mass is 225 g/mol. The van der Waals surface area contributed by atoms with E-state index in [9.17, 15) is 9.59 Å². The molecular weight excluding hydrogens is 210 g/mol. The van der Waals surface area contributed by atoms with Gasteiger partial charge in [-0.3, -0.25) is 9.48 Å². The summed E-state index contributed by atoms with van der Waals surface area (Å²) in [4.78, 5) is 22.3. The third-order valence-corrected chi connectivity index (χ3v) is 2.00. The molecule has 0 saturated heterocycles. The molecule has 0 aromatic carbocycles. The van der Waals surface area contributed by atoms with Crippen LogP contribution in [0.4, 0.5) is 0 Å². The summed E-state index contributed by atoms with van der Waals surface area (Å²) < 4.78 is 6.19. The lowest BCUT2D eigenvalue weighted by atomic mass is 10.3. The number of esters is 1. The summed E-state index contributed by atoms with van der Waals surface area (Å²) in [5.74, 6) is -0.761. The fraction of sp³-hybridized carbons (Fsp3) is 0.500.